The van der Waals surface area contributed by atoms with Crippen LogP contribution in [0.25, 0.3) is 0 Å². The average molecular weight is 650 g/mol. The fraction of sp³-hybridized carbons (Fsp3) is 0.257. The minimum atomic E-state index is -4.23. The van der Waals surface area contributed by atoms with Crippen molar-refractivity contribution >= 4 is 39.1 Å². The van der Waals surface area contributed by atoms with E-state index in [0.717, 1.165) is 9.87 Å². The van der Waals surface area contributed by atoms with E-state index in [-0.39, 0.29) is 35.5 Å². The lowest BCUT2D eigenvalue weighted by atomic mass is 10.0. The molecule has 0 aliphatic rings. The minimum Gasteiger partial charge on any atom is -0.352 e. The second-order valence-electron chi connectivity index (χ2n) is 10.9. The molecule has 45 heavy (non-hydrogen) atoms. The Bertz CT molecular complexity index is 1700. The van der Waals surface area contributed by atoms with Gasteiger partial charge in [-0.2, -0.15) is 0 Å². The van der Waals surface area contributed by atoms with Crippen LogP contribution in [0, 0.1) is 12.7 Å². The molecular weight excluding hydrogens is 613 g/mol. The van der Waals surface area contributed by atoms with E-state index in [1.165, 1.54) is 29.2 Å². The maximum Gasteiger partial charge on any atom is 0.264 e. The molecule has 0 saturated carbocycles. The number of sulfonamides is 1. The molecule has 4 rings (SSSR count). The summed E-state index contributed by atoms with van der Waals surface area (Å²) < 4.78 is 43.1. The van der Waals surface area contributed by atoms with Crippen LogP contribution in [-0.4, -0.2) is 43.8 Å². The lowest BCUT2D eigenvalue weighted by molar-refractivity contribution is -0.140. The molecule has 0 fully saturated rings. The predicted molar refractivity (Wildman–Crippen MR) is 176 cm³/mol. The van der Waals surface area contributed by atoms with Gasteiger partial charge in [-0.3, -0.25) is 13.9 Å². The highest BCUT2D eigenvalue weighted by Crippen LogP contribution is 2.29. The third kappa shape index (κ3) is 8.71. The Balaban J connectivity index is 1.82. The van der Waals surface area contributed by atoms with E-state index >= 15 is 0 Å². The lowest BCUT2D eigenvalue weighted by Gasteiger charge is -2.34. The zero-order chi connectivity index (χ0) is 32.6. The smallest absolute Gasteiger partial charge is 0.264 e. The molecule has 10 heteroatoms. The van der Waals surface area contributed by atoms with Crippen LogP contribution >= 0.6 is 11.6 Å². The zero-order valence-corrected chi connectivity index (χ0v) is 27.1. The van der Waals surface area contributed by atoms with Crippen LogP contribution in [-0.2, 0) is 32.6 Å². The van der Waals surface area contributed by atoms with Crippen molar-refractivity contribution < 1.29 is 22.4 Å². The quantitative estimate of drug-likeness (QED) is 0.178. The molecule has 236 valence electrons. The van der Waals surface area contributed by atoms with Crippen molar-refractivity contribution in [1.29, 1.82) is 0 Å². The Labute approximate surface area is 269 Å². The number of halogens is 2. The molecule has 0 unspecified atom stereocenters. The Kier molecular flexibility index (Phi) is 11.4. The zero-order valence-electron chi connectivity index (χ0n) is 25.5. The summed E-state index contributed by atoms with van der Waals surface area (Å²) in [7, 11) is -4.23. The van der Waals surface area contributed by atoms with E-state index in [4.69, 9.17) is 11.6 Å². The summed E-state index contributed by atoms with van der Waals surface area (Å²) >= 11 is 6.20. The van der Waals surface area contributed by atoms with Crippen LogP contribution < -0.4 is 9.62 Å². The van der Waals surface area contributed by atoms with Crippen molar-refractivity contribution in [2.75, 3.05) is 10.8 Å². The molecule has 0 saturated heterocycles. The molecule has 2 atom stereocenters. The number of aryl methyl sites for hydroxylation is 1. The van der Waals surface area contributed by atoms with Crippen LogP contribution in [0.15, 0.2) is 108 Å². The first-order valence-electron chi connectivity index (χ1n) is 14.7. The molecule has 0 bridgehead atoms. The molecule has 2 amide bonds. The molecule has 4 aromatic rings. The van der Waals surface area contributed by atoms with E-state index in [0.29, 0.717) is 22.6 Å². The van der Waals surface area contributed by atoms with Crippen molar-refractivity contribution in [1.82, 2.24) is 10.2 Å². The second kappa shape index (κ2) is 15.2. The standard InChI is InChI=1S/C35H37ClFN3O4S/c1-4-26(3)38-35(42)33(22-27-11-7-5-8-12-27)39(23-28-15-18-30(37)19-16-28)34(41)24-40(32-20-17-29(36)21-25(32)2)45(43,44)31-13-9-6-10-14-31/h5-21,26,33H,4,22-24H2,1-3H3,(H,38,42)/t26-,33-/m1/s1. The number of hydrogen-bond donors (Lipinski definition) is 1. The van der Waals surface area contributed by atoms with E-state index in [1.807, 2.05) is 44.2 Å². The number of carbonyl (C=O) groups excluding carboxylic acids is 2. The Morgan fingerprint density at radius 2 is 1.51 bits per heavy atom. The average Bonchev–Trinajstić information content (AvgIpc) is 3.03. The molecule has 0 aromatic heterocycles. The first kappa shape index (κ1) is 33.7. The maximum atomic E-state index is 14.5. The summed E-state index contributed by atoms with van der Waals surface area (Å²) in [5.41, 5.74) is 2.23. The van der Waals surface area contributed by atoms with Gasteiger partial charge in [-0.25, -0.2) is 12.8 Å². The predicted octanol–water partition coefficient (Wildman–Crippen LogP) is 6.54. The summed E-state index contributed by atoms with van der Waals surface area (Å²) in [5, 5.41) is 3.42. The monoisotopic (exact) mass is 649 g/mol. The van der Waals surface area contributed by atoms with Crippen molar-refractivity contribution in [2.45, 2.75) is 57.1 Å². The Morgan fingerprint density at radius 3 is 2.11 bits per heavy atom. The third-order valence-corrected chi connectivity index (χ3v) is 9.58. The van der Waals surface area contributed by atoms with Crippen molar-refractivity contribution in [3.63, 3.8) is 0 Å². The Hall–Kier alpha value is -4.21. The van der Waals surface area contributed by atoms with E-state index in [9.17, 15) is 22.4 Å². The van der Waals surface area contributed by atoms with Gasteiger partial charge in [0.25, 0.3) is 10.0 Å². The van der Waals surface area contributed by atoms with Gasteiger partial charge in [0.15, 0.2) is 0 Å². The summed E-state index contributed by atoms with van der Waals surface area (Å²) in [5.74, 6) is -1.41. The second-order valence-corrected chi connectivity index (χ2v) is 13.2. The normalized spacial score (nSPS) is 12.6. The van der Waals surface area contributed by atoms with Gasteiger partial charge >= 0.3 is 0 Å². The van der Waals surface area contributed by atoms with Crippen LogP contribution in [0.2, 0.25) is 5.02 Å². The van der Waals surface area contributed by atoms with Crippen molar-refractivity contribution in [3.8, 4) is 0 Å². The summed E-state index contributed by atoms with van der Waals surface area (Å²) in [6.07, 6.45) is 0.857. The van der Waals surface area contributed by atoms with E-state index in [1.54, 1.807) is 55.5 Å². The molecule has 4 aromatic carbocycles. The van der Waals surface area contributed by atoms with Gasteiger partial charge in [0.2, 0.25) is 11.8 Å². The molecule has 0 heterocycles. The molecule has 0 aliphatic heterocycles. The number of nitrogens with one attached hydrogen (secondary N) is 1. The molecule has 0 spiro atoms. The molecular formula is C35H37ClFN3O4S. The third-order valence-electron chi connectivity index (χ3n) is 7.58. The topological polar surface area (TPSA) is 86.8 Å². The first-order valence-corrected chi connectivity index (χ1v) is 16.5. The van der Waals surface area contributed by atoms with Gasteiger partial charge in [0, 0.05) is 24.0 Å². The number of benzene rings is 4. The molecule has 1 N–H and O–H groups in total. The van der Waals surface area contributed by atoms with Gasteiger partial charge in [-0.05, 0) is 79.4 Å². The highest BCUT2D eigenvalue weighted by atomic mass is 35.5. The SMILES string of the molecule is CC[C@@H](C)NC(=O)[C@@H](Cc1ccccc1)N(Cc1ccc(F)cc1)C(=O)CN(c1ccc(Cl)cc1C)S(=O)(=O)c1ccccc1. The number of carbonyl (C=O) groups is 2. The lowest BCUT2D eigenvalue weighted by Crippen LogP contribution is -2.54. The van der Waals surface area contributed by atoms with Gasteiger partial charge in [-0.1, -0.05) is 79.2 Å². The first-order chi connectivity index (χ1) is 21.5. The fourth-order valence-corrected chi connectivity index (χ4v) is 6.64. The van der Waals surface area contributed by atoms with Gasteiger partial charge in [-0.15, -0.1) is 0 Å². The van der Waals surface area contributed by atoms with E-state index in [2.05, 4.69) is 5.32 Å². The van der Waals surface area contributed by atoms with Crippen LogP contribution in [0.1, 0.15) is 37.0 Å². The highest BCUT2D eigenvalue weighted by Gasteiger charge is 2.35. The van der Waals surface area contributed by atoms with Crippen molar-refractivity contribution in [3.05, 3.63) is 131 Å². The molecule has 0 aliphatic carbocycles. The number of amides is 2. The number of rotatable bonds is 13. The Morgan fingerprint density at radius 1 is 0.889 bits per heavy atom. The van der Waals surface area contributed by atoms with Crippen LogP contribution in [0.5, 0.6) is 0 Å². The summed E-state index contributed by atoms with van der Waals surface area (Å²) in [4.78, 5) is 29.7. The van der Waals surface area contributed by atoms with Gasteiger partial charge in [0.05, 0.1) is 10.6 Å². The van der Waals surface area contributed by atoms with Crippen LogP contribution in [0.3, 0.4) is 0 Å². The van der Waals surface area contributed by atoms with Crippen LogP contribution in [0.4, 0.5) is 10.1 Å². The maximum absolute atomic E-state index is 14.5. The minimum absolute atomic E-state index is 0.00702. The highest BCUT2D eigenvalue weighted by molar-refractivity contribution is 7.92. The largest absolute Gasteiger partial charge is 0.352 e. The molecule has 0 radical (unpaired) electrons. The van der Waals surface area contributed by atoms with Crippen molar-refractivity contribution in [2.24, 2.45) is 0 Å². The summed E-state index contributed by atoms with van der Waals surface area (Å²) in [6.45, 7) is 4.89. The summed E-state index contributed by atoms with van der Waals surface area (Å²) in [6, 6.07) is 26.4. The number of nitrogens with zero attached hydrogens (tertiary/aromatic N) is 2. The number of anilines is 1. The molecule has 7 nitrogen and oxygen atoms in total. The fourth-order valence-electron chi connectivity index (χ4n) is 4.91. The van der Waals surface area contributed by atoms with Gasteiger partial charge < -0.3 is 10.2 Å². The van der Waals surface area contributed by atoms with Gasteiger partial charge in [0.1, 0.15) is 18.4 Å². The number of hydrogen-bond acceptors (Lipinski definition) is 4. The van der Waals surface area contributed by atoms with E-state index < -0.39 is 34.3 Å².